The van der Waals surface area contributed by atoms with Crippen LogP contribution in [-0.4, -0.2) is 73.7 Å². The number of likely N-dealkylation sites (tertiary alicyclic amines) is 1. The Bertz CT molecular complexity index is 1330. The van der Waals surface area contributed by atoms with Gasteiger partial charge in [-0.2, -0.15) is 10.1 Å². The van der Waals surface area contributed by atoms with Gasteiger partial charge in [0.2, 0.25) is 5.95 Å². The lowest BCUT2D eigenvalue weighted by molar-refractivity contribution is -0.0332. The van der Waals surface area contributed by atoms with Gasteiger partial charge < -0.3 is 20.9 Å². The minimum absolute atomic E-state index is 0.0850. The van der Waals surface area contributed by atoms with Gasteiger partial charge in [-0.3, -0.25) is 14.6 Å². The molecule has 1 atom stereocenters. The first-order valence-electron chi connectivity index (χ1n) is 12.6. The number of hydrogen-bond acceptors (Lipinski definition) is 9. The molecule has 3 aromatic heterocycles. The zero-order valence-electron chi connectivity index (χ0n) is 20.9. The van der Waals surface area contributed by atoms with E-state index in [1.165, 1.54) is 5.56 Å². The highest BCUT2D eigenvalue weighted by molar-refractivity contribution is 5.88. The Kier molecular flexibility index (Phi) is 7.26. The number of hydrogen-bond donors (Lipinski definition) is 3. The maximum absolute atomic E-state index is 9.51. The van der Waals surface area contributed by atoms with Crippen LogP contribution in [-0.2, 0) is 17.8 Å². The molecule has 0 spiro atoms. The highest BCUT2D eigenvalue weighted by Gasteiger charge is 2.26. The van der Waals surface area contributed by atoms with E-state index in [4.69, 9.17) is 15.5 Å². The van der Waals surface area contributed by atoms with E-state index in [9.17, 15) is 5.11 Å². The number of nitrogens with two attached hydrogens (primary N) is 1. The maximum atomic E-state index is 9.51. The van der Waals surface area contributed by atoms with E-state index in [0.717, 1.165) is 54.5 Å². The highest BCUT2D eigenvalue weighted by Crippen LogP contribution is 2.28. The molecule has 1 aliphatic rings. The van der Waals surface area contributed by atoms with E-state index < -0.39 is 0 Å². The Labute approximate surface area is 210 Å². The monoisotopic (exact) mass is 490 g/mol. The molecule has 1 saturated heterocycles. The summed E-state index contributed by atoms with van der Waals surface area (Å²) in [5.41, 5.74) is 10.8. The van der Waals surface area contributed by atoms with Gasteiger partial charge >= 0.3 is 0 Å². The average molecular weight is 491 g/mol. The van der Waals surface area contributed by atoms with Crippen molar-refractivity contribution < 1.29 is 9.84 Å². The van der Waals surface area contributed by atoms with Gasteiger partial charge in [-0.05, 0) is 30.0 Å². The Morgan fingerprint density at radius 2 is 2.00 bits per heavy atom. The molecule has 0 bridgehead atoms. The van der Waals surface area contributed by atoms with Crippen molar-refractivity contribution in [1.82, 2.24) is 29.6 Å². The van der Waals surface area contributed by atoms with Crippen LogP contribution in [0.2, 0.25) is 0 Å². The van der Waals surface area contributed by atoms with Gasteiger partial charge in [0.05, 0.1) is 24.4 Å². The second-order valence-corrected chi connectivity index (χ2v) is 9.44. The van der Waals surface area contributed by atoms with Gasteiger partial charge in [-0.1, -0.05) is 31.5 Å². The smallest absolute Gasteiger partial charge is 0.222 e. The van der Waals surface area contributed by atoms with Gasteiger partial charge in [0, 0.05) is 51.0 Å². The topological polar surface area (TPSA) is 127 Å². The summed E-state index contributed by atoms with van der Waals surface area (Å²) in [4.78, 5) is 16.0. The predicted molar refractivity (Wildman–Crippen MR) is 141 cm³/mol. The number of pyridine rings is 1. The molecule has 1 aliphatic heterocycles. The minimum atomic E-state index is 0.0850. The molecule has 10 nitrogen and oxygen atoms in total. The minimum Gasteiger partial charge on any atom is -0.396 e. The highest BCUT2D eigenvalue weighted by atomic mass is 16.5. The second kappa shape index (κ2) is 10.7. The van der Waals surface area contributed by atoms with Gasteiger partial charge in [0.1, 0.15) is 11.0 Å². The largest absolute Gasteiger partial charge is 0.396 e. The van der Waals surface area contributed by atoms with E-state index in [-0.39, 0.29) is 18.6 Å². The molecule has 4 heterocycles. The quantitative estimate of drug-likeness (QED) is 0.291. The number of benzene rings is 1. The fraction of sp³-hybridized carbons (Fsp3) is 0.462. The van der Waals surface area contributed by atoms with Crippen LogP contribution in [0.3, 0.4) is 0 Å². The molecule has 4 aromatic rings. The lowest BCUT2D eigenvalue weighted by Gasteiger charge is -2.38. The van der Waals surface area contributed by atoms with Crippen LogP contribution in [0.25, 0.3) is 21.9 Å². The number of ether oxygens (including phenoxy) is 1. The molecule has 1 fully saturated rings. The molecule has 36 heavy (non-hydrogen) atoms. The molecule has 4 N–H and O–H groups in total. The molecule has 1 aromatic carbocycles. The van der Waals surface area contributed by atoms with Crippen molar-refractivity contribution in [2.45, 2.75) is 51.4 Å². The molecule has 0 amide bonds. The van der Waals surface area contributed by atoms with Crippen LogP contribution < -0.4 is 11.1 Å². The zero-order valence-corrected chi connectivity index (χ0v) is 20.9. The molecule has 0 saturated carbocycles. The van der Waals surface area contributed by atoms with Crippen LogP contribution in [0.15, 0.2) is 36.7 Å². The first-order valence-corrected chi connectivity index (χ1v) is 12.6. The molecular weight excluding hydrogens is 456 g/mol. The van der Waals surface area contributed by atoms with Crippen molar-refractivity contribution in [3.8, 4) is 0 Å². The van der Waals surface area contributed by atoms with E-state index >= 15 is 0 Å². The van der Waals surface area contributed by atoms with Crippen LogP contribution in [0.1, 0.15) is 37.3 Å². The van der Waals surface area contributed by atoms with Crippen LogP contribution in [0.5, 0.6) is 0 Å². The standard InChI is InChI=1S/C26H34N8O2/c1-3-5-19(9-11-35)30-25-24-22(31-26(27)32-25)12-29-34(24)14-18-8-7-17(13-33-15-20(16-33)36-2)21-6-4-10-28-23(18)21/h4,6-8,10,12,19-20,35H,3,5,9,11,13-16H2,1-2H3,(H3,27,30,31,32)/t19-/m0/s1. The predicted octanol–water partition coefficient (Wildman–Crippen LogP) is 2.80. The van der Waals surface area contributed by atoms with Crippen molar-refractivity contribution >= 4 is 33.7 Å². The molecule has 0 aliphatic carbocycles. The number of fused-ring (bicyclic) bond motifs is 2. The number of methoxy groups -OCH3 is 1. The number of nitrogens with one attached hydrogen (secondary N) is 1. The number of nitrogen functional groups attached to an aromatic ring is 1. The fourth-order valence-electron chi connectivity index (χ4n) is 4.98. The zero-order chi connectivity index (χ0) is 25.1. The van der Waals surface area contributed by atoms with Gasteiger partial charge in [-0.15, -0.1) is 0 Å². The van der Waals surface area contributed by atoms with Crippen molar-refractivity contribution in [2.24, 2.45) is 0 Å². The summed E-state index contributed by atoms with van der Waals surface area (Å²) in [6, 6.07) is 8.54. The van der Waals surface area contributed by atoms with Gasteiger partial charge in [0.15, 0.2) is 5.82 Å². The molecule has 0 unspecified atom stereocenters. The Balaban J connectivity index is 1.47. The summed E-state index contributed by atoms with van der Waals surface area (Å²) in [5, 5.41) is 18.8. The second-order valence-electron chi connectivity index (χ2n) is 9.44. The SMILES string of the molecule is CCC[C@@H](CCO)Nc1nc(N)nc2cnn(Cc3ccc(CN4CC(OC)C4)c4cccnc34)c12. The van der Waals surface area contributed by atoms with E-state index in [0.29, 0.717) is 30.4 Å². The lowest BCUT2D eigenvalue weighted by Crippen LogP contribution is -2.50. The van der Waals surface area contributed by atoms with E-state index in [2.05, 4.69) is 50.4 Å². The summed E-state index contributed by atoms with van der Waals surface area (Å²) >= 11 is 0. The number of aromatic nitrogens is 5. The first-order chi connectivity index (χ1) is 17.6. The Hall–Kier alpha value is -3.34. The summed E-state index contributed by atoms with van der Waals surface area (Å²) in [6.07, 6.45) is 6.43. The van der Waals surface area contributed by atoms with Crippen molar-refractivity contribution in [1.29, 1.82) is 0 Å². The molecule has 0 radical (unpaired) electrons. The maximum Gasteiger partial charge on any atom is 0.222 e. The molecule has 10 heteroatoms. The van der Waals surface area contributed by atoms with Crippen molar-refractivity contribution in [3.05, 3.63) is 47.8 Å². The average Bonchev–Trinajstić information content (AvgIpc) is 3.25. The van der Waals surface area contributed by atoms with Gasteiger partial charge in [0.25, 0.3) is 0 Å². The summed E-state index contributed by atoms with van der Waals surface area (Å²) in [7, 11) is 1.77. The number of nitrogens with zero attached hydrogens (tertiary/aromatic N) is 6. The molecule has 190 valence electrons. The van der Waals surface area contributed by atoms with Crippen LogP contribution in [0.4, 0.5) is 11.8 Å². The van der Waals surface area contributed by atoms with Crippen molar-refractivity contribution in [3.63, 3.8) is 0 Å². The number of aliphatic hydroxyl groups excluding tert-OH is 1. The summed E-state index contributed by atoms with van der Waals surface area (Å²) in [5.74, 6) is 0.836. The van der Waals surface area contributed by atoms with Crippen LogP contribution >= 0.6 is 0 Å². The summed E-state index contributed by atoms with van der Waals surface area (Å²) in [6.45, 7) is 5.53. The third-order valence-corrected chi connectivity index (χ3v) is 6.88. The number of anilines is 2. The third kappa shape index (κ3) is 4.97. The van der Waals surface area contributed by atoms with E-state index in [1.807, 2.05) is 16.9 Å². The van der Waals surface area contributed by atoms with Gasteiger partial charge in [-0.25, -0.2) is 4.98 Å². The molecular formula is C26H34N8O2. The Morgan fingerprint density at radius 3 is 2.78 bits per heavy atom. The number of aliphatic hydroxyl groups is 1. The number of rotatable bonds is 11. The van der Waals surface area contributed by atoms with Crippen LogP contribution in [0, 0.1) is 0 Å². The normalized spacial score (nSPS) is 15.4. The molecule has 5 rings (SSSR count). The fourth-order valence-corrected chi connectivity index (χ4v) is 4.98. The third-order valence-electron chi connectivity index (χ3n) is 6.88. The summed E-state index contributed by atoms with van der Waals surface area (Å²) < 4.78 is 7.33. The first kappa shape index (κ1) is 24.4. The lowest BCUT2D eigenvalue weighted by atomic mass is 10.0. The van der Waals surface area contributed by atoms with E-state index in [1.54, 1.807) is 13.3 Å². The Morgan fingerprint density at radius 1 is 1.17 bits per heavy atom. The van der Waals surface area contributed by atoms with Crippen molar-refractivity contribution in [2.75, 3.05) is 37.9 Å².